The van der Waals surface area contributed by atoms with Gasteiger partial charge in [-0.1, -0.05) is 0 Å². The molecule has 14 aliphatic rings. The zero-order valence-corrected chi connectivity index (χ0v) is 26.8. The van der Waals surface area contributed by atoms with Crippen LogP contribution < -0.4 is 0 Å². The molecule has 10 aliphatic heterocycles. The van der Waals surface area contributed by atoms with E-state index in [9.17, 15) is 0 Å². The Balaban J connectivity index is 1.05. The first-order valence-corrected chi connectivity index (χ1v) is 30.5. The maximum atomic E-state index is 1.73. The Bertz CT molecular complexity index is 1340. The second-order valence-electron chi connectivity index (χ2n) is 22.7. The minimum atomic E-state index is -3.88. The van der Waals surface area contributed by atoms with Crippen molar-refractivity contribution in [1.29, 1.82) is 0 Å². The predicted octanol–water partition coefficient (Wildman–Crippen LogP) is 11.5. The molecule has 3 heteroatoms. The molecule has 0 N–H and O–H groups in total. The Hall–Kier alpha value is 1.57. The van der Waals surface area contributed by atoms with E-state index in [0.29, 0.717) is 15.8 Å². The van der Waals surface area contributed by atoms with Crippen molar-refractivity contribution in [1.82, 2.24) is 0 Å². The van der Waals surface area contributed by atoms with E-state index in [1.807, 2.05) is 0 Å². The minimum absolute atomic E-state index is 0.390. The van der Waals surface area contributed by atoms with Gasteiger partial charge >= 0.3 is 216 Å². The van der Waals surface area contributed by atoms with Crippen molar-refractivity contribution < 1.29 is 8.89 Å². The first kappa shape index (κ1) is 20.5. The van der Waals surface area contributed by atoms with Crippen LogP contribution >= 0.6 is 15.8 Å². The molecule has 1 spiro atoms. The predicted molar refractivity (Wildman–Crippen MR) is 157 cm³/mol. The van der Waals surface area contributed by atoms with Gasteiger partial charge in [-0.25, -0.2) is 0 Å². The molecule has 0 radical (unpaired) electrons. The zero-order chi connectivity index (χ0) is 23.5. The van der Waals surface area contributed by atoms with Crippen molar-refractivity contribution in [2.24, 2.45) is 0 Å². The van der Waals surface area contributed by atoms with E-state index >= 15 is 0 Å². The summed E-state index contributed by atoms with van der Waals surface area (Å²) in [4.78, 5) is 0. The van der Waals surface area contributed by atoms with Crippen LogP contribution in [-0.4, -0.2) is 29.6 Å². The molecule has 14 rings (SSSR count). The summed E-state index contributed by atoms with van der Waals surface area (Å²) in [6.45, 7) is 0. The molecule has 4 atom stereocenters. The summed E-state index contributed by atoms with van der Waals surface area (Å²) in [6.07, 6.45) is 33.5. The van der Waals surface area contributed by atoms with E-state index in [-0.39, 0.29) is 0 Å². The molecular weight excluding hydrogens is 518 g/mol. The van der Waals surface area contributed by atoms with Crippen molar-refractivity contribution in [3.63, 3.8) is 0 Å². The van der Waals surface area contributed by atoms with Crippen molar-refractivity contribution in [2.75, 3.05) is 0 Å². The first-order valence-electron chi connectivity index (χ1n) is 18.7. The van der Waals surface area contributed by atoms with Crippen LogP contribution in [0.3, 0.4) is 0 Å². The average Bonchev–Trinajstić information content (AvgIpc) is 3.92. The van der Waals surface area contributed by atoms with Crippen LogP contribution in [0.1, 0.15) is 128 Å². The fourth-order valence-electron chi connectivity index (χ4n) is 32.9. The van der Waals surface area contributed by atoms with Gasteiger partial charge in [0.2, 0.25) is 0 Å². The van der Waals surface area contributed by atoms with Gasteiger partial charge in [-0.15, -0.1) is 0 Å². The fraction of sp³-hybridized carbons (Fsp3) is 1.00. The number of rotatable bonds is 6. The third-order valence-corrected chi connectivity index (χ3v) is 110. The third-order valence-electron chi connectivity index (χ3n) is 28.9. The topological polar surface area (TPSA) is 0 Å². The Labute approximate surface area is 215 Å². The molecule has 0 aromatic heterocycles. The van der Waals surface area contributed by atoms with Gasteiger partial charge in [-0.3, -0.25) is 0 Å². The summed E-state index contributed by atoms with van der Waals surface area (Å²) in [6, 6.07) is 0. The normalized spacial score (nSPS) is 75.6. The standard InChI is InChI=1S/C29H47P2.C5H5.Ti/c1-5-14-24(15-6-1)30(25-16-7-2-8-17-25)28-22-13-23-29(28)31(26-18-9-3-10-19-26)27-20-11-4-12-21-27;1-2-4-5-3-1;/h13,22-27H,1-12,14-21H2;1-5H;. The van der Waals surface area contributed by atoms with Gasteiger partial charge < -0.3 is 0 Å². The van der Waals surface area contributed by atoms with Crippen LogP contribution in [0.2, 0.25) is 33.8 Å². The SMILES string of the molecule is C1CCC(P(C2CCCCC2)[C]23[CH]4[CH]5[CH]6[C]2(P(C2CCCCC2)C2CCCCC2)[Ti]54632789[CH]3[CH]2[CH]7[CH]8[CH]39)CC1. The molecule has 0 amide bonds. The zero-order valence-electron chi connectivity index (χ0n) is 23.5. The first-order chi connectivity index (χ1) is 18.1. The third kappa shape index (κ3) is 0.571. The monoisotopic (exact) mass is 570 g/mol. The summed E-state index contributed by atoms with van der Waals surface area (Å²) in [5.41, 5.74) is 5.18. The Morgan fingerprint density at radius 3 is 0.838 bits per heavy atom. The Kier molecular flexibility index (Phi) is 1.91. The van der Waals surface area contributed by atoms with Crippen molar-refractivity contribution in [3.8, 4) is 0 Å². The van der Waals surface area contributed by atoms with Crippen LogP contribution in [0.4, 0.5) is 0 Å². The molecule has 202 valence electrons. The Morgan fingerprint density at radius 2 is 0.622 bits per heavy atom. The molecule has 37 heavy (non-hydrogen) atoms. The number of fused-ring (bicyclic) bond motifs is 10. The van der Waals surface area contributed by atoms with Crippen LogP contribution in [0.5, 0.6) is 0 Å². The van der Waals surface area contributed by atoms with Gasteiger partial charge in [0, 0.05) is 0 Å². The number of hydrogen-bond donors (Lipinski definition) is 0. The van der Waals surface area contributed by atoms with Crippen molar-refractivity contribution in [3.05, 3.63) is 0 Å². The van der Waals surface area contributed by atoms with E-state index in [4.69, 9.17) is 0 Å². The molecule has 10 saturated heterocycles. The molecule has 14 fully saturated rings. The second kappa shape index (κ2) is 3.46. The second-order valence-corrected chi connectivity index (χ2v) is 62.8. The molecular formula is C34H52P2Ti. The van der Waals surface area contributed by atoms with Gasteiger partial charge in [-0.05, 0) is 0 Å². The fourth-order valence-corrected chi connectivity index (χ4v) is 203. The van der Waals surface area contributed by atoms with Crippen LogP contribution in [0, 0.1) is 0 Å². The maximum absolute atomic E-state index is 3.88. The summed E-state index contributed by atoms with van der Waals surface area (Å²) in [7, 11) is -3.10. The summed E-state index contributed by atoms with van der Waals surface area (Å²) < 4.78 is 15.3. The molecule has 10 heterocycles. The van der Waals surface area contributed by atoms with E-state index in [1.165, 1.54) is 29.6 Å². The summed E-state index contributed by atoms with van der Waals surface area (Å²) in [5.74, 6) is 0. The van der Waals surface area contributed by atoms with Crippen LogP contribution in [0.25, 0.3) is 0 Å². The van der Waals surface area contributed by atoms with Crippen LogP contribution in [-0.2, 0) is 8.89 Å². The number of hydrogen-bond acceptors (Lipinski definition) is 0. The molecule has 0 bridgehead atoms. The van der Waals surface area contributed by atoms with Gasteiger partial charge in [0.25, 0.3) is 0 Å². The average molecular weight is 571 g/mol. The van der Waals surface area contributed by atoms with Crippen LogP contribution in [0.15, 0.2) is 0 Å². The van der Waals surface area contributed by atoms with Gasteiger partial charge in [0.15, 0.2) is 0 Å². The van der Waals surface area contributed by atoms with E-state index < -0.39 is 8.89 Å². The van der Waals surface area contributed by atoms with E-state index in [0.717, 1.165) is 0 Å². The molecule has 4 aliphatic carbocycles. The molecule has 0 nitrogen and oxygen atoms in total. The van der Waals surface area contributed by atoms with Crippen molar-refractivity contribution >= 4 is 15.8 Å². The van der Waals surface area contributed by atoms with Crippen molar-refractivity contribution in [2.45, 2.75) is 192 Å². The van der Waals surface area contributed by atoms with E-state index in [2.05, 4.69) is 0 Å². The van der Waals surface area contributed by atoms with Gasteiger partial charge in [0.1, 0.15) is 0 Å². The summed E-state index contributed by atoms with van der Waals surface area (Å²) in [5, 5.41) is 0. The Morgan fingerprint density at radius 1 is 0.351 bits per heavy atom. The quantitative estimate of drug-likeness (QED) is 0.220. The molecule has 4 saturated carbocycles. The van der Waals surface area contributed by atoms with E-state index in [1.54, 1.807) is 162 Å². The van der Waals surface area contributed by atoms with Gasteiger partial charge in [-0.2, -0.15) is 0 Å². The summed E-state index contributed by atoms with van der Waals surface area (Å²) >= 11 is 0. The molecule has 4 unspecified atom stereocenters. The van der Waals surface area contributed by atoms with Gasteiger partial charge in [0.05, 0.1) is 0 Å². The molecule has 0 aromatic carbocycles. The molecule has 0 aromatic rings.